The van der Waals surface area contributed by atoms with Gasteiger partial charge in [0.25, 0.3) is 0 Å². The van der Waals surface area contributed by atoms with Gasteiger partial charge in [-0.25, -0.2) is 8.42 Å². The van der Waals surface area contributed by atoms with Gasteiger partial charge in [0, 0.05) is 19.3 Å². The molecule has 20 heavy (non-hydrogen) atoms. The van der Waals surface area contributed by atoms with E-state index in [9.17, 15) is 18.5 Å². The van der Waals surface area contributed by atoms with Crippen LogP contribution in [0.5, 0.6) is 0 Å². The predicted octanol–water partition coefficient (Wildman–Crippen LogP) is 2.23. The number of hydrogen-bond donors (Lipinski definition) is 0. The van der Waals surface area contributed by atoms with Crippen molar-refractivity contribution < 1.29 is 13.3 Å². The van der Waals surface area contributed by atoms with Gasteiger partial charge in [0.2, 0.25) is 0 Å². The molecule has 1 heterocycles. The van der Waals surface area contributed by atoms with E-state index >= 15 is 0 Å². The maximum absolute atomic E-state index is 11.7. The Morgan fingerprint density at radius 3 is 2.65 bits per heavy atom. The van der Waals surface area contributed by atoms with Gasteiger partial charge in [0.1, 0.15) is 10.6 Å². The summed E-state index contributed by atoms with van der Waals surface area (Å²) in [6, 6.07) is 4.49. The standard InChI is InChI=1S/C13H18N2O4S/c1-10-5-4-8-14(9-10)11-6-3-7-12(20(2,18)19)13(11)15(16)17/h3,6-7,10H,4-5,8-9H2,1-2H3. The molecule has 0 spiro atoms. The maximum atomic E-state index is 11.7. The second kappa shape index (κ2) is 5.40. The van der Waals surface area contributed by atoms with Gasteiger partial charge < -0.3 is 4.90 Å². The Bertz CT molecular complexity index is 627. The summed E-state index contributed by atoms with van der Waals surface area (Å²) in [5.74, 6) is 0.449. The van der Waals surface area contributed by atoms with Gasteiger partial charge in [0.15, 0.2) is 9.84 Å². The van der Waals surface area contributed by atoms with Crippen LogP contribution < -0.4 is 4.90 Å². The van der Waals surface area contributed by atoms with Gasteiger partial charge in [-0.2, -0.15) is 0 Å². The average Bonchev–Trinajstić information content (AvgIpc) is 2.36. The van der Waals surface area contributed by atoms with Crippen molar-refractivity contribution >= 4 is 21.2 Å². The summed E-state index contributed by atoms with van der Waals surface area (Å²) in [4.78, 5) is 12.4. The fraction of sp³-hybridized carbons (Fsp3) is 0.538. The third-order valence-corrected chi connectivity index (χ3v) is 4.69. The summed E-state index contributed by atoms with van der Waals surface area (Å²) in [5.41, 5.74) is 0.105. The highest BCUT2D eigenvalue weighted by Crippen LogP contribution is 2.36. The van der Waals surface area contributed by atoms with Crippen molar-refractivity contribution in [3.8, 4) is 0 Å². The summed E-state index contributed by atoms with van der Waals surface area (Å²) in [6.45, 7) is 3.53. The minimum Gasteiger partial charge on any atom is -0.366 e. The van der Waals surface area contributed by atoms with Crippen molar-refractivity contribution in [1.29, 1.82) is 0 Å². The van der Waals surface area contributed by atoms with E-state index in [1.54, 1.807) is 12.1 Å². The molecule has 0 radical (unpaired) electrons. The lowest BCUT2D eigenvalue weighted by Crippen LogP contribution is -2.34. The van der Waals surface area contributed by atoms with Crippen LogP contribution in [-0.2, 0) is 9.84 Å². The molecule has 0 amide bonds. The van der Waals surface area contributed by atoms with Gasteiger partial charge in [-0.3, -0.25) is 10.1 Å². The Hall–Kier alpha value is -1.63. The summed E-state index contributed by atoms with van der Waals surface area (Å²) in [5, 5.41) is 11.3. The number of nitro groups is 1. The zero-order chi connectivity index (χ0) is 14.9. The fourth-order valence-electron chi connectivity index (χ4n) is 2.66. The first kappa shape index (κ1) is 14.8. The minimum atomic E-state index is -3.62. The van der Waals surface area contributed by atoms with E-state index in [0.717, 1.165) is 25.6 Å². The van der Waals surface area contributed by atoms with Gasteiger partial charge in [-0.05, 0) is 30.9 Å². The van der Waals surface area contributed by atoms with Crippen LogP contribution in [0.15, 0.2) is 23.1 Å². The molecule has 0 N–H and O–H groups in total. The van der Waals surface area contributed by atoms with Crippen LogP contribution in [0.3, 0.4) is 0 Å². The Labute approximate surface area is 118 Å². The number of sulfone groups is 1. The number of anilines is 1. The Kier molecular flexibility index (Phi) is 3.99. The number of rotatable bonds is 3. The number of piperidine rings is 1. The number of para-hydroxylation sites is 1. The molecule has 1 saturated heterocycles. The van der Waals surface area contributed by atoms with Gasteiger partial charge in [-0.15, -0.1) is 0 Å². The molecule has 1 atom stereocenters. The quantitative estimate of drug-likeness (QED) is 0.631. The summed E-state index contributed by atoms with van der Waals surface area (Å²) in [6.07, 6.45) is 3.05. The molecule has 0 aromatic heterocycles. The normalized spacial score (nSPS) is 19.9. The average molecular weight is 298 g/mol. The molecule has 0 aliphatic carbocycles. The van der Waals surface area contributed by atoms with Crippen LogP contribution in [0.1, 0.15) is 19.8 Å². The largest absolute Gasteiger partial charge is 0.366 e. The molecular formula is C13H18N2O4S. The first-order valence-corrected chi connectivity index (χ1v) is 8.42. The van der Waals surface area contributed by atoms with Crippen LogP contribution in [0, 0.1) is 16.0 Å². The van der Waals surface area contributed by atoms with E-state index in [0.29, 0.717) is 18.2 Å². The minimum absolute atomic E-state index is 0.210. The smallest absolute Gasteiger partial charge is 0.311 e. The lowest BCUT2D eigenvalue weighted by Gasteiger charge is -2.32. The van der Waals surface area contributed by atoms with E-state index in [1.165, 1.54) is 6.07 Å². The molecule has 1 aliphatic rings. The number of hydrogen-bond acceptors (Lipinski definition) is 5. The number of nitrogens with zero attached hydrogens (tertiary/aromatic N) is 2. The van der Waals surface area contributed by atoms with Gasteiger partial charge >= 0.3 is 5.69 Å². The first-order valence-electron chi connectivity index (χ1n) is 6.53. The molecule has 0 bridgehead atoms. The van der Waals surface area contributed by atoms with E-state index in [2.05, 4.69) is 6.92 Å². The first-order chi connectivity index (χ1) is 9.30. The predicted molar refractivity (Wildman–Crippen MR) is 76.8 cm³/mol. The summed E-state index contributed by atoms with van der Waals surface area (Å²) in [7, 11) is -3.62. The zero-order valence-corrected chi connectivity index (χ0v) is 12.4. The van der Waals surface area contributed by atoms with E-state index in [-0.39, 0.29) is 10.6 Å². The van der Waals surface area contributed by atoms with E-state index in [1.807, 2.05) is 4.90 Å². The van der Waals surface area contributed by atoms with Crippen molar-refractivity contribution in [2.24, 2.45) is 5.92 Å². The van der Waals surface area contributed by atoms with E-state index < -0.39 is 14.8 Å². The number of benzene rings is 1. The molecule has 6 nitrogen and oxygen atoms in total. The molecule has 1 aliphatic heterocycles. The van der Waals surface area contributed by atoms with Crippen molar-refractivity contribution in [2.75, 3.05) is 24.2 Å². The Balaban J connectivity index is 2.56. The molecular weight excluding hydrogens is 280 g/mol. The van der Waals surface area contributed by atoms with Crippen LogP contribution in [-0.4, -0.2) is 32.7 Å². The molecule has 1 fully saturated rings. The van der Waals surface area contributed by atoms with Crippen LogP contribution in [0.4, 0.5) is 11.4 Å². The summed E-state index contributed by atoms with van der Waals surface area (Å²) < 4.78 is 23.5. The maximum Gasteiger partial charge on any atom is 0.311 e. The third-order valence-electron chi connectivity index (χ3n) is 3.56. The second-order valence-corrected chi connectivity index (χ2v) is 7.33. The van der Waals surface area contributed by atoms with Crippen molar-refractivity contribution in [3.05, 3.63) is 28.3 Å². The molecule has 7 heteroatoms. The van der Waals surface area contributed by atoms with Crippen LogP contribution >= 0.6 is 0 Å². The number of nitro benzene ring substituents is 1. The lowest BCUT2D eigenvalue weighted by atomic mass is 9.99. The molecule has 1 aromatic rings. The third kappa shape index (κ3) is 2.92. The molecule has 110 valence electrons. The highest BCUT2D eigenvalue weighted by atomic mass is 32.2. The topological polar surface area (TPSA) is 80.5 Å². The highest BCUT2D eigenvalue weighted by Gasteiger charge is 2.30. The van der Waals surface area contributed by atoms with Crippen molar-refractivity contribution in [2.45, 2.75) is 24.7 Å². The highest BCUT2D eigenvalue weighted by molar-refractivity contribution is 7.90. The Morgan fingerprint density at radius 1 is 1.40 bits per heavy atom. The molecule has 1 aromatic carbocycles. The SMILES string of the molecule is CC1CCCN(c2cccc(S(C)(=O)=O)c2[N+](=O)[O-])C1. The van der Waals surface area contributed by atoms with Crippen molar-refractivity contribution in [1.82, 2.24) is 0 Å². The van der Waals surface area contributed by atoms with Gasteiger partial charge in [-0.1, -0.05) is 13.0 Å². The van der Waals surface area contributed by atoms with Crippen LogP contribution in [0.2, 0.25) is 0 Å². The zero-order valence-electron chi connectivity index (χ0n) is 11.6. The van der Waals surface area contributed by atoms with Crippen molar-refractivity contribution in [3.63, 3.8) is 0 Å². The summed E-state index contributed by atoms with van der Waals surface area (Å²) >= 11 is 0. The van der Waals surface area contributed by atoms with Crippen LogP contribution in [0.25, 0.3) is 0 Å². The monoisotopic (exact) mass is 298 g/mol. The molecule has 2 rings (SSSR count). The molecule has 1 unspecified atom stereocenters. The lowest BCUT2D eigenvalue weighted by molar-refractivity contribution is -0.387. The Morgan fingerprint density at radius 2 is 2.10 bits per heavy atom. The fourth-order valence-corrected chi connectivity index (χ4v) is 3.51. The van der Waals surface area contributed by atoms with Gasteiger partial charge in [0.05, 0.1) is 4.92 Å². The van der Waals surface area contributed by atoms with E-state index in [4.69, 9.17) is 0 Å². The molecule has 0 saturated carbocycles. The second-order valence-electron chi connectivity index (χ2n) is 5.35.